The Morgan fingerprint density at radius 3 is 1.34 bits per heavy atom. The minimum Gasteiger partial charge on any atom is -0.549 e. The van der Waals surface area contributed by atoms with E-state index in [0.29, 0.717) is 12.8 Å². The Morgan fingerprint density at radius 2 is 1.00 bits per heavy atom. The Balaban J connectivity index is 4.71. The second-order valence-electron chi connectivity index (χ2n) is 8.45. The van der Waals surface area contributed by atoms with Crippen LogP contribution in [0.2, 0.25) is 0 Å². The first-order valence-corrected chi connectivity index (χ1v) is 12.4. The third-order valence-corrected chi connectivity index (χ3v) is 5.52. The summed E-state index contributed by atoms with van der Waals surface area (Å²) in [5.74, 6) is -3.90. The molecule has 0 atom stereocenters. The van der Waals surface area contributed by atoms with E-state index in [1.807, 2.05) is 0 Å². The smallest absolute Gasteiger partial charge is 0.508 e. The number of aliphatic carboxylic acids is 2. The third-order valence-electron chi connectivity index (χ3n) is 5.52. The predicted octanol–water partition coefficient (Wildman–Crippen LogP) is 3.06. The Kier molecular flexibility index (Phi) is 18.0. The third kappa shape index (κ3) is 14.3. The standard InChI is InChI=1S/C25H42O10/c1-4-6-8-10-12-14-16-32-23(30)34-18-25(22(28)29,20(3)21(26)27)19-35-24(31)33-17-15-13-11-9-7-5-2/h3-19H2,1-2H3,(H,26,27)(H,28,29)/p-2. The fourth-order valence-corrected chi connectivity index (χ4v) is 3.18. The molecule has 0 saturated heterocycles. The first kappa shape index (κ1) is 32.2. The molecule has 0 amide bonds. The number of hydrogen-bond donors (Lipinski definition) is 0. The van der Waals surface area contributed by atoms with E-state index in [1.54, 1.807) is 0 Å². The Morgan fingerprint density at radius 1 is 0.629 bits per heavy atom. The minimum absolute atomic E-state index is 0.0615. The SMILES string of the molecule is C=C(C(=O)[O-])C(COC(=O)OCCCCCCCC)(COC(=O)OCCCCCCCC)C(=O)[O-]. The number of hydrogen-bond acceptors (Lipinski definition) is 10. The summed E-state index contributed by atoms with van der Waals surface area (Å²) in [7, 11) is 0. The van der Waals surface area contributed by atoms with Crippen LogP contribution in [-0.2, 0) is 28.5 Å². The molecule has 0 saturated carbocycles. The second kappa shape index (κ2) is 19.5. The molecule has 10 nitrogen and oxygen atoms in total. The fraction of sp³-hybridized carbons (Fsp3) is 0.760. The molecule has 10 heteroatoms. The summed E-state index contributed by atoms with van der Waals surface area (Å²) >= 11 is 0. The van der Waals surface area contributed by atoms with Crippen molar-refractivity contribution in [2.75, 3.05) is 26.4 Å². The van der Waals surface area contributed by atoms with Crippen molar-refractivity contribution in [2.45, 2.75) is 90.9 Å². The average Bonchev–Trinajstić information content (AvgIpc) is 2.82. The molecule has 0 aromatic carbocycles. The van der Waals surface area contributed by atoms with Gasteiger partial charge < -0.3 is 38.7 Å². The van der Waals surface area contributed by atoms with Gasteiger partial charge in [-0.3, -0.25) is 0 Å². The highest BCUT2D eigenvalue weighted by atomic mass is 16.7. The van der Waals surface area contributed by atoms with Crippen molar-refractivity contribution >= 4 is 24.2 Å². The maximum atomic E-state index is 11.9. The van der Waals surface area contributed by atoms with Gasteiger partial charge in [-0.05, 0) is 18.4 Å². The van der Waals surface area contributed by atoms with Gasteiger partial charge in [0, 0.05) is 0 Å². The van der Waals surface area contributed by atoms with Crippen molar-refractivity contribution in [1.82, 2.24) is 0 Å². The Hall–Kier alpha value is -2.78. The van der Waals surface area contributed by atoms with Crippen LogP contribution in [0.3, 0.4) is 0 Å². The molecule has 0 rings (SSSR count). The first-order chi connectivity index (χ1) is 16.7. The average molecular weight is 501 g/mol. The molecule has 0 aromatic rings. The zero-order valence-corrected chi connectivity index (χ0v) is 21.1. The molecule has 0 unspecified atom stereocenters. The molecule has 0 heterocycles. The molecule has 0 aliphatic heterocycles. The summed E-state index contributed by atoms with van der Waals surface area (Å²) in [6, 6.07) is 0. The van der Waals surface area contributed by atoms with Crippen molar-refractivity contribution in [3.05, 3.63) is 12.2 Å². The Labute approximate surface area is 207 Å². The minimum atomic E-state index is -2.57. The second-order valence-corrected chi connectivity index (χ2v) is 8.45. The summed E-state index contributed by atoms with van der Waals surface area (Å²) in [4.78, 5) is 46.9. The number of unbranched alkanes of at least 4 members (excludes halogenated alkanes) is 10. The van der Waals surface area contributed by atoms with Crippen molar-refractivity contribution in [1.29, 1.82) is 0 Å². The van der Waals surface area contributed by atoms with Gasteiger partial charge in [-0.1, -0.05) is 84.6 Å². The number of carboxylic acids is 2. The number of carbonyl (C=O) groups is 4. The van der Waals surface area contributed by atoms with E-state index in [9.17, 15) is 29.4 Å². The van der Waals surface area contributed by atoms with E-state index in [2.05, 4.69) is 20.4 Å². The number of carboxylic acid groups (broad SMARTS) is 2. The van der Waals surface area contributed by atoms with E-state index in [4.69, 9.17) is 18.9 Å². The lowest BCUT2D eigenvalue weighted by Crippen LogP contribution is -2.53. The molecule has 0 aliphatic rings. The van der Waals surface area contributed by atoms with E-state index < -0.39 is 48.5 Å². The number of rotatable bonds is 21. The lowest BCUT2D eigenvalue weighted by molar-refractivity contribution is -0.324. The topological polar surface area (TPSA) is 151 Å². The van der Waals surface area contributed by atoms with Crippen molar-refractivity contribution in [3.63, 3.8) is 0 Å². The van der Waals surface area contributed by atoms with Gasteiger partial charge in [0.05, 0.1) is 25.2 Å². The van der Waals surface area contributed by atoms with Gasteiger partial charge in [0.15, 0.2) is 0 Å². The summed E-state index contributed by atoms with van der Waals surface area (Å²) in [5.41, 5.74) is -3.55. The van der Waals surface area contributed by atoms with Crippen LogP contribution in [0.5, 0.6) is 0 Å². The van der Waals surface area contributed by atoms with E-state index in [-0.39, 0.29) is 13.2 Å². The van der Waals surface area contributed by atoms with E-state index in [0.717, 1.165) is 64.2 Å². The molecule has 35 heavy (non-hydrogen) atoms. The van der Waals surface area contributed by atoms with Gasteiger partial charge in [0.25, 0.3) is 0 Å². The molecular weight excluding hydrogens is 460 g/mol. The highest BCUT2D eigenvalue weighted by Gasteiger charge is 2.40. The number of carbonyl (C=O) groups excluding carboxylic acids is 4. The van der Waals surface area contributed by atoms with Gasteiger partial charge in [-0.15, -0.1) is 0 Å². The molecule has 0 N–H and O–H groups in total. The van der Waals surface area contributed by atoms with Crippen LogP contribution in [0.4, 0.5) is 9.59 Å². The van der Waals surface area contributed by atoms with Gasteiger partial charge >= 0.3 is 12.3 Å². The quantitative estimate of drug-likeness (QED) is 0.131. The lowest BCUT2D eigenvalue weighted by Gasteiger charge is -2.35. The largest absolute Gasteiger partial charge is 0.549 e. The van der Waals surface area contributed by atoms with Crippen LogP contribution < -0.4 is 10.2 Å². The van der Waals surface area contributed by atoms with Gasteiger partial charge in [-0.2, -0.15) is 0 Å². The van der Waals surface area contributed by atoms with Crippen LogP contribution >= 0.6 is 0 Å². The summed E-state index contributed by atoms with van der Waals surface area (Å²) in [5, 5.41) is 23.2. The highest BCUT2D eigenvalue weighted by Crippen LogP contribution is 2.27. The fourth-order valence-electron chi connectivity index (χ4n) is 3.18. The molecule has 0 bridgehead atoms. The van der Waals surface area contributed by atoms with Crippen molar-refractivity contribution < 1.29 is 48.3 Å². The van der Waals surface area contributed by atoms with Gasteiger partial charge in [-0.25, -0.2) is 9.59 Å². The zero-order valence-electron chi connectivity index (χ0n) is 21.1. The monoisotopic (exact) mass is 500 g/mol. The molecule has 202 valence electrons. The molecule has 0 aromatic heterocycles. The van der Waals surface area contributed by atoms with Crippen molar-refractivity contribution in [3.8, 4) is 0 Å². The van der Waals surface area contributed by atoms with Crippen LogP contribution in [0.25, 0.3) is 0 Å². The molecule has 0 aliphatic carbocycles. The van der Waals surface area contributed by atoms with Crippen LogP contribution in [0.1, 0.15) is 90.9 Å². The summed E-state index contributed by atoms with van der Waals surface area (Å²) < 4.78 is 19.4. The van der Waals surface area contributed by atoms with Crippen LogP contribution in [0, 0.1) is 5.41 Å². The molecule has 0 radical (unpaired) electrons. The van der Waals surface area contributed by atoms with Crippen molar-refractivity contribution in [2.24, 2.45) is 5.41 Å². The molecular formula is C25H40O10-2. The van der Waals surface area contributed by atoms with E-state index >= 15 is 0 Å². The summed E-state index contributed by atoms with van der Waals surface area (Å²) in [6.45, 7) is 5.43. The van der Waals surface area contributed by atoms with Crippen LogP contribution in [-0.4, -0.2) is 50.7 Å². The lowest BCUT2D eigenvalue weighted by atomic mass is 9.82. The van der Waals surface area contributed by atoms with Gasteiger partial charge in [0.2, 0.25) is 0 Å². The Bertz CT molecular complexity index is 625. The molecule has 0 spiro atoms. The predicted molar refractivity (Wildman–Crippen MR) is 123 cm³/mol. The molecule has 0 fully saturated rings. The maximum absolute atomic E-state index is 11.9. The van der Waals surface area contributed by atoms with Gasteiger partial charge in [0.1, 0.15) is 18.6 Å². The highest BCUT2D eigenvalue weighted by molar-refractivity contribution is 5.94. The van der Waals surface area contributed by atoms with E-state index in [1.165, 1.54) is 0 Å². The summed E-state index contributed by atoms with van der Waals surface area (Å²) in [6.07, 6.45) is 9.17. The first-order valence-electron chi connectivity index (χ1n) is 12.4. The normalized spacial score (nSPS) is 10.9. The van der Waals surface area contributed by atoms with Crippen LogP contribution in [0.15, 0.2) is 12.2 Å². The number of ether oxygens (including phenoxy) is 4. The maximum Gasteiger partial charge on any atom is 0.508 e. The zero-order chi connectivity index (χ0) is 26.5.